The molecular formula is C32H34N4O8. The van der Waals surface area contributed by atoms with Gasteiger partial charge in [0, 0.05) is 38.3 Å². The van der Waals surface area contributed by atoms with Gasteiger partial charge in [0.15, 0.2) is 0 Å². The second-order valence-electron chi connectivity index (χ2n) is 9.77. The van der Waals surface area contributed by atoms with E-state index in [2.05, 4.69) is 19.8 Å². The molecule has 2 aromatic heterocycles. The first-order valence-electron chi connectivity index (χ1n) is 13.5. The summed E-state index contributed by atoms with van der Waals surface area (Å²) in [4.78, 5) is 36.6. The second-order valence-corrected chi connectivity index (χ2v) is 9.77. The van der Waals surface area contributed by atoms with Crippen LogP contribution in [0, 0.1) is 0 Å². The lowest BCUT2D eigenvalue weighted by molar-refractivity contribution is 0.0678. The fourth-order valence-corrected chi connectivity index (χ4v) is 4.66. The lowest BCUT2D eigenvalue weighted by atomic mass is 10.1. The molecule has 2 heterocycles. The van der Waals surface area contributed by atoms with Gasteiger partial charge in [0.1, 0.15) is 34.1 Å². The third kappa shape index (κ3) is 6.59. The Hall–Kier alpha value is -5.52. The number of ether oxygens (including phenoxy) is 4. The van der Waals surface area contributed by atoms with E-state index in [1.807, 2.05) is 38.4 Å². The maximum atomic E-state index is 11.7. The number of aromatic carboxylic acids is 2. The van der Waals surface area contributed by atoms with E-state index in [9.17, 15) is 19.8 Å². The molecule has 2 N–H and O–H groups in total. The maximum absolute atomic E-state index is 11.7. The molecule has 0 aliphatic heterocycles. The van der Waals surface area contributed by atoms with Crippen molar-refractivity contribution in [2.75, 3.05) is 65.4 Å². The highest BCUT2D eigenvalue weighted by atomic mass is 16.5. The lowest BCUT2D eigenvalue weighted by Crippen LogP contribution is -2.30. The van der Waals surface area contributed by atoms with Crippen molar-refractivity contribution in [3.63, 3.8) is 0 Å². The van der Waals surface area contributed by atoms with Crippen LogP contribution in [0.4, 0.5) is 11.4 Å². The number of methoxy groups -OCH3 is 4. The minimum atomic E-state index is -1.14. The van der Waals surface area contributed by atoms with Gasteiger partial charge in [-0.25, -0.2) is 9.59 Å². The van der Waals surface area contributed by atoms with Crippen molar-refractivity contribution in [1.82, 2.24) is 9.97 Å². The molecule has 0 bridgehead atoms. The molecule has 4 aromatic rings. The third-order valence-corrected chi connectivity index (χ3v) is 7.18. The van der Waals surface area contributed by atoms with Crippen LogP contribution in [0.25, 0.3) is 22.5 Å². The summed E-state index contributed by atoms with van der Waals surface area (Å²) in [5.74, 6) is -1.51. The Labute approximate surface area is 255 Å². The molecule has 44 heavy (non-hydrogen) atoms. The number of aromatic nitrogens is 2. The van der Waals surface area contributed by atoms with E-state index in [0.717, 1.165) is 11.4 Å². The third-order valence-electron chi connectivity index (χ3n) is 7.18. The summed E-state index contributed by atoms with van der Waals surface area (Å²) in [5.41, 5.74) is 4.36. The van der Waals surface area contributed by atoms with Gasteiger partial charge in [0.05, 0.1) is 63.6 Å². The Bertz CT molecular complexity index is 1470. The SMILES string of the molecule is COc1cc(-c2ccc(N(C)CCN(C)c3ccc(-c4cc(OC)c(C(=O)O)c(OC)c4)nc3)cn2)cc(OC)c1C(=O)O. The van der Waals surface area contributed by atoms with E-state index < -0.39 is 11.9 Å². The molecule has 0 fully saturated rings. The number of carboxylic acid groups (broad SMARTS) is 2. The van der Waals surface area contributed by atoms with Gasteiger partial charge in [-0.2, -0.15) is 0 Å². The predicted molar refractivity (Wildman–Crippen MR) is 166 cm³/mol. The first kappa shape index (κ1) is 31.4. The average Bonchev–Trinajstić information content (AvgIpc) is 3.05. The van der Waals surface area contributed by atoms with E-state index in [-0.39, 0.29) is 34.1 Å². The van der Waals surface area contributed by atoms with Crippen LogP contribution in [-0.2, 0) is 0 Å². The maximum Gasteiger partial charge on any atom is 0.343 e. The Morgan fingerprint density at radius 3 is 1.16 bits per heavy atom. The Morgan fingerprint density at radius 2 is 0.932 bits per heavy atom. The van der Waals surface area contributed by atoms with Crippen molar-refractivity contribution >= 4 is 23.3 Å². The van der Waals surface area contributed by atoms with Crippen LogP contribution in [0.5, 0.6) is 23.0 Å². The van der Waals surface area contributed by atoms with Gasteiger partial charge in [0.2, 0.25) is 0 Å². The number of likely N-dealkylation sites (N-methyl/N-ethyl adjacent to an activating group) is 2. The van der Waals surface area contributed by atoms with Crippen molar-refractivity contribution in [1.29, 1.82) is 0 Å². The topological polar surface area (TPSA) is 144 Å². The van der Waals surface area contributed by atoms with Crippen molar-refractivity contribution < 1.29 is 38.7 Å². The van der Waals surface area contributed by atoms with Crippen LogP contribution in [0.3, 0.4) is 0 Å². The highest BCUT2D eigenvalue weighted by Crippen LogP contribution is 2.36. The van der Waals surface area contributed by atoms with Gasteiger partial charge >= 0.3 is 11.9 Å². The number of carboxylic acids is 2. The molecule has 4 rings (SSSR count). The zero-order chi connectivity index (χ0) is 32.0. The molecule has 0 radical (unpaired) electrons. The number of rotatable bonds is 13. The molecule has 12 nitrogen and oxygen atoms in total. The van der Waals surface area contributed by atoms with Gasteiger partial charge in [-0.3, -0.25) is 9.97 Å². The number of pyridine rings is 2. The smallest absolute Gasteiger partial charge is 0.343 e. The molecule has 2 aromatic carbocycles. The van der Waals surface area contributed by atoms with Gasteiger partial charge < -0.3 is 39.0 Å². The van der Waals surface area contributed by atoms with Gasteiger partial charge in [-0.05, 0) is 48.5 Å². The van der Waals surface area contributed by atoms with Crippen LogP contribution in [0.2, 0.25) is 0 Å². The number of carbonyl (C=O) groups is 2. The van der Waals surface area contributed by atoms with Crippen LogP contribution >= 0.6 is 0 Å². The summed E-state index contributed by atoms with van der Waals surface area (Å²) in [5, 5.41) is 19.1. The lowest BCUT2D eigenvalue weighted by Gasteiger charge is -2.25. The number of anilines is 2. The largest absolute Gasteiger partial charge is 0.496 e. The highest BCUT2D eigenvalue weighted by molar-refractivity contribution is 5.96. The minimum absolute atomic E-state index is 0.0427. The number of hydrogen-bond acceptors (Lipinski definition) is 10. The Balaban J connectivity index is 1.43. The fourth-order valence-electron chi connectivity index (χ4n) is 4.66. The fraction of sp³-hybridized carbons (Fsp3) is 0.250. The van der Waals surface area contributed by atoms with E-state index in [4.69, 9.17) is 18.9 Å². The van der Waals surface area contributed by atoms with E-state index in [0.29, 0.717) is 35.6 Å². The summed E-state index contributed by atoms with van der Waals surface area (Å²) in [6.07, 6.45) is 3.52. The van der Waals surface area contributed by atoms with Gasteiger partial charge in [0.25, 0.3) is 0 Å². The summed E-state index contributed by atoms with van der Waals surface area (Å²) in [6.45, 7) is 1.39. The molecule has 0 amide bonds. The molecule has 0 aliphatic rings. The highest BCUT2D eigenvalue weighted by Gasteiger charge is 2.21. The summed E-state index contributed by atoms with van der Waals surface area (Å²) >= 11 is 0. The number of hydrogen-bond donors (Lipinski definition) is 2. The van der Waals surface area contributed by atoms with Crippen molar-refractivity contribution in [2.45, 2.75) is 0 Å². The number of nitrogens with zero attached hydrogens (tertiary/aromatic N) is 4. The summed E-state index contributed by atoms with van der Waals surface area (Å²) in [7, 11) is 9.59. The van der Waals surface area contributed by atoms with Crippen molar-refractivity contribution in [3.8, 4) is 45.5 Å². The van der Waals surface area contributed by atoms with Crippen LogP contribution in [0.1, 0.15) is 20.7 Å². The minimum Gasteiger partial charge on any atom is -0.496 e. The molecule has 0 spiro atoms. The molecule has 0 atom stereocenters. The zero-order valence-corrected chi connectivity index (χ0v) is 25.3. The molecule has 12 heteroatoms. The molecule has 0 saturated carbocycles. The second kappa shape index (κ2) is 13.6. The average molecular weight is 603 g/mol. The van der Waals surface area contributed by atoms with E-state index in [1.54, 1.807) is 36.7 Å². The monoisotopic (exact) mass is 602 g/mol. The molecule has 0 saturated heterocycles. The van der Waals surface area contributed by atoms with Crippen LogP contribution in [0.15, 0.2) is 60.9 Å². The first-order valence-corrected chi connectivity index (χ1v) is 13.5. The predicted octanol–water partition coefficient (Wildman–Crippen LogP) is 4.81. The summed E-state index contributed by atoms with van der Waals surface area (Å²) in [6, 6.07) is 14.1. The number of benzene rings is 2. The van der Waals surface area contributed by atoms with Gasteiger partial charge in [-0.1, -0.05) is 0 Å². The Morgan fingerprint density at radius 1 is 0.614 bits per heavy atom. The van der Waals surface area contributed by atoms with Crippen molar-refractivity contribution in [2.24, 2.45) is 0 Å². The first-order chi connectivity index (χ1) is 21.1. The van der Waals surface area contributed by atoms with Crippen LogP contribution < -0.4 is 28.7 Å². The standard InChI is InChI=1S/C32H34N4O8/c1-35(21-7-9-23(33-17-21)19-13-25(41-3)29(31(37)38)26(14-19)42-4)11-12-36(2)22-8-10-24(34-18-22)20-15-27(43-5)30(32(39)40)28(16-20)44-6/h7-10,13-18H,11-12H2,1-6H3,(H,37,38)(H,39,40). The molecule has 0 aliphatic carbocycles. The summed E-state index contributed by atoms with van der Waals surface area (Å²) < 4.78 is 21.2. The van der Waals surface area contributed by atoms with Crippen LogP contribution in [-0.4, -0.2) is 87.7 Å². The normalized spacial score (nSPS) is 10.6. The molecular weight excluding hydrogens is 568 g/mol. The molecule has 230 valence electrons. The molecule has 0 unspecified atom stereocenters. The Kier molecular flexibility index (Phi) is 9.74. The van der Waals surface area contributed by atoms with E-state index in [1.165, 1.54) is 28.4 Å². The zero-order valence-electron chi connectivity index (χ0n) is 25.3. The van der Waals surface area contributed by atoms with E-state index >= 15 is 0 Å². The van der Waals surface area contributed by atoms with Crippen molar-refractivity contribution in [3.05, 3.63) is 72.1 Å². The van der Waals surface area contributed by atoms with Gasteiger partial charge in [-0.15, -0.1) is 0 Å². The quantitative estimate of drug-likeness (QED) is 0.217.